The van der Waals surface area contributed by atoms with Gasteiger partial charge in [-0.3, -0.25) is 14.3 Å². The van der Waals surface area contributed by atoms with Gasteiger partial charge in [-0.05, 0) is 16.7 Å². The average Bonchev–Trinajstić information content (AvgIpc) is 3.19. The zero-order chi connectivity index (χ0) is 25.1. The molecule has 8 nitrogen and oxygen atoms in total. The number of hydrogen-bond acceptors (Lipinski definition) is 6. The van der Waals surface area contributed by atoms with Gasteiger partial charge in [0.05, 0.1) is 6.61 Å². The van der Waals surface area contributed by atoms with Crippen molar-refractivity contribution in [2.45, 2.75) is 30.1 Å². The van der Waals surface area contributed by atoms with E-state index in [9.17, 15) is 19.8 Å². The number of benzene rings is 3. The summed E-state index contributed by atoms with van der Waals surface area (Å²) in [6, 6.07) is 30.4. The molecule has 0 bridgehead atoms. The summed E-state index contributed by atoms with van der Waals surface area (Å²) in [5.74, 6) is 0. The van der Waals surface area contributed by atoms with Crippen molar-refractivity contribution in [2.75, 3.05) is 6.61 Å². The van der Waals surface area contributed by atoms with Crippen molar-refractivity contribution >= 4 is 0 Å². The second-order valence-electron chi connectivity index (χ2n) is 8.65. The first kappa shape index (κ1) is 23.9. The molecule has 1 aromatic heterocycles. The molecule has 0 aliphatic carbocycles. The molecule has 3 N–H and O–H groups in total. The number of aliphatic hydroxyl groups is 2. The third kappa shape index (κ3) is 4.31. The van der Waals surface area contributed by atoms with E-state index in [0.717, 1.165) is 27.3 Å². The van der Waals surface area contributed by atoms with E-state index < -0.39 is 41.4 Å². The van der Waals surface area contributed by atoms with E-state index in [1.54, 1.807) is 0 Å². The van der Waals surface area contributed by atoms with E-state index in [1.165, 1.54) is 6.20 Å². The smallest absolute Gasteiger partial charge is 0.330 e. The summed E-state index contributed by atoms with van der Waals surface area (Å²) < 4.78 is 13.6. The van der Waals surface area contributed by atoms with Gasteiger partial charge >= 0.3 is 5.69 Å². The fraction of sp³-hybridized carbons (Fsp3) is 0.214. The Hall–Kier alpha value is -3.82. The molecule has 4 aromatic rings. The summed E-state index contributed by atoms with van der Waals surface area (Å²) in [6.45, 7) is -0.0918. The molecular weight excluding hydrogens is 460 g/mol. The molecule has 184 valence electrons. The number of aromatic nitrogens is 2. The minimum absolute atomic E-state index is 0.0918. The monoisotopic (exact) mass is 486 g/mol. The van der Waals surface area contributed by atoms with Crippen molar-refractivity contribution in [3.8, 4) is 0 Å². The summed E-state index contributed by atoms with van der Waals surface area (Å²) >= 11 is 0. The van der Waals surface area contributed by atoms with Gasteiger partial charge in [0.15, 0.2) is 6.23 Å². The molecule has 0 saturated carbocycles. The van der Waals surface area contributed by atoms with Gasteiger partial charge in [-0.1, -0.05) is 91.0 Å². The van der Waals surface area contributed by atoms with Crippen molar-refractivity contribution in [1.29, 1.82) is 0 Å². The molecule has 0 amide bonds. The second kappa shape index (κ2) is 10.0. The Morgan fingerprint density at radius 3 is 1.75 bits per heavy atom. The molecule has 8 heteroatoms. The molecule has 2 heterocycles. The van der Waals surface area contributed by atoms with Crippen molar-refractivity contribution < 1.29 is 19.7 Å². The summed E-state index contributed by atoms with van der Waals surface area (Å²) in [6.07, 6.45) is -3.62. The highest BCUT2D eigenvalue weighted by molar-refractivity contribution is 5.47. The van der Waals surface area contributed by atoms with Crippen LogP contribution in [-0.2, 0) is 15.1 Å². The number of hydrogen-bond donors (Lipinski definition) is 3. The van der Waals surface area contributed by atoms with Gasteiger partial charge < -0.3 is 19.7 Å². The van der Waals surface area contributed by atoms with Crippen molar-refractivity contribution in [2.24, 2.45) is 0 Å². The third-order valence-corrected chi connectivity index (χ3v) is 6.47. The standard InChI is InChI=1S/C28H26N2O6/c31-23-16-17-30(27(34)29-23)26-25(33)24(32)22(36-26)18-35-28(19-10-4-1-5-11-19,20-12-6-2-7-13-20)21-14-8-3-9-15-21/h1-17,22,24-26,32-33H,18H2,(H,29,31,34)/t22-,24+,25?,26-/m1/s1. The molecule has 1 fully saturated rings. The molecule has 0 spiro atoms. The number of rotatable bonds is 7. The first-order chi connectivity index (χ1) is 17.5. The molecular formula is C28H26N2O6. The predicted molar refractivity (Wildman–Crippen MR) is 132 cm³/mol. The van der Waals surface area contributed by atoms with E-state index in [2.05, 4.69) is 4.98 Å². The maximum Gasteiger partial charge on any atom is 0.330 e. The zero-order valence-electron chi connectivity index (χ0n) is 19.3. The van der Waals surface area contributed by atoms with Crippen LogP contribution < -0.4 is 11.2 Å². The summed E-state index contributed by atoms with van der Waals surface area (Å²) in [4.78, 5) is 25.8. The Bertz CT molecular complexity index is 1310. The van der Waals surface area contributed by atoms with Crippen molar-refractivity contribution in [3.05, 3.63) is 141 Å². The quantitative estimate of drug-likeness (QED) is 0.345. The van der Waals surface area contributed by atoms with Crippen molar-refractivity contribution in [1.82, 2.24) is 9.55 Å². The lowest BCUT2D eigenvalue weighted by Gasteiger charge is -2.37. The average molecular weight is 487 g/mol. The second-order valence-corrected chi connectivity index (χ2v) is 8.65. The Balaban J connectivity index is 1.52. The Labute approximate surface area is 207 Å². The molecule has 1 saturated heterocycles. The van der Waals surface area contributed by atoms with Gasteiger partial charge in [0, 0.05) is 12.3 Å². The first-order valence-corrected chi connectivity index (χ1v) is 11.6. The first-order valence-electron chi connectivity index (χ1n) is 11.6. The number of H-pyrrole nitrogens is 1. The van der Waals surface area contributed by atoms with Crippen LogP contribution in [0.2, 0.25) is 0 Å². The maximum absolute atomic E-state index is 12.3. The molecule has 1 unspecified atom stereocenters. The van der Waals surface area contributed by atoms with E-state index in [-0.39, 0.29) is 6.61 Å². The number of aliphatic hydroxyl groups excluding tert-OH is 2. The van der Waals surface area contributed by atoms with Crippen LogP contribution in [0.1, 0.15) is 22.9 Å². The molecule has 5 rings (SSSR count). The van der Waals surface area contributed by atoms with Gasteiger partial charge in [-0.2, -0.15) is 0 Å². The van der Waals surface area contributed by atoms with Crippen LogP contribution in [0.5, 0.6) is 0 Å². The number of ether oxygens (including phenoxy) is 2. The van der Waals surface area contributed by atoms with E-state index >= 15 is 0 Å². The fourth-order valence-corrected chi connectivity index (χ4v) is 4.70. The SMILES string of the molecule is O=c1ccn([C@@H]2O[C@H](COC(c3ccccc3)(c3ccccc3)c3ccccc3)[C@H](O)C2O)c(=O)[nH]1. The van der Waals surface area contributed by atoms with E-state index in [4.69, 9.17) is 9.47 Å². The Morgan fingerprint density at radius 1 is 0.778 bits per heavy atom. The van der Waals surface area contributed by atoms with Gasteiger partial charge in [0.1, 0.15) is 23.9 Å². The highest BCUT2D eigenvalue weighted by atomic mass is 16.6. The molecule has 1 aliphatic heterocycles. The largest absolute Gasteiger partial charge is 0.387 e. The Morgan fingerprint density at radius 2 is 1.28 bits per heavy atom. The summed E-state index contributed by atoms with van der Waals surface area (Å²) in [5, 5.41) is 21.5. The summed E-state index contributed by atoms with van der Waals surface area (Å²) in [7, 11) is 0. The van der Waals surface area contributed by atoms with Gasteiger partial charge in [-0.25, -0.2) is 4.79 Å². The number of aromatic amines is 1. The predicted octanol–water partition coefficient (Wildman–Crippen LogP) is 2.16. The van der Waals surface area contributed by atoms with Gasteiger partial charge in [0.2, 0.25) is 0 Å². The minimum atomic E-state index is -1.40. The topological polar surface area (TPSA) is 114 Å². The molecule has 0 radical (unpaired) electrons. The van der Waals surface area contributed by atoms with E-state index in [0.29, 0.717) is 0 Å². The Kier molecular flexibility index (Phi) is 6.67. The van der Waals surface area contributed by atoms with Gasteiger partial charge in [-0.15, -0.1) is 0 Å². The van der Waals surface area contributed by atoms with Crippen LogP contribution in [-0.4, -0.2) is 44.7 Å². The van der Waals surface area contributed by atoms with Crippen LogP contribution in [0.15, 0.2) is 113 Å². The lowest BCUT2D eigenvalue weighted by atomic mass is 9.80. The lowest BCUT2D eigenvalue weighted by molar-refractivity contribution is -0.0958. The fourth-order valence-electron chi connectivity index (χ4n) is 4.70. The maximum atomic E-state index is 12.3. The van der Waals surface area contributed by atoms with Crippen LogP contribution in [0.4, 0.5) is 0 Å². The van der Waals surface area contributed by atoms with Crippen LogP contribution >= 0.6 is 0 Å². The molecule has 36 heavy (non-hydrogen) atoms. The van der Waals surface area contributed by atoms with Gasteiger partial charge in [0.25, 0.3) is 5.56 Å². The van der Waals surface area contributed by atoms with Crippen LogP contribution in [0.25, 0.3) is 0 Å². The van der Waals surface area contributed by atoms with Crippen LogP contribution in [0.3, 0.4) is 0 Å². The number of nitrogens with zero attached hydrogens (tertiary/aromatic N) is 1. The lowest BCUT2D eigenvalue weighted by Crippen LogP contribution is -2.40. The highest BCUT2D eigenvalue weighted by Gasteiger charge is 2.46. The number of nitrogens with one attached hydrogen (secondary N) is 1. The third-order valence-electron chi connectivity index (χ3n) is 6.47. The highest BCUT2D eigenvalue weighted by Crippen LogP contribution is 2.41. The summed E-state index contributed by atoms with van der Waals surface area (Å²) in [5.41, 5.74) is 0.289. The van der Waals surface area contributed by atoms with E-state index in [1.807, 2.05) is 91.0 Å². The molecule has 3 aromatic carbocycles. The normalized spacial score (nSPS) is 21.9. The van der Waals surface area contributed by atoms with Crippen LogP contribution in [0, 0.1) is 0 Å². The zero-order valence-corrected chi connectivity index (χ0v) is 19.3. The molecule has 1 aliphatic rings. The molecule has 4 atom stereocenters. The minimum Gasteiger partial charge on any atom is -0.387 e. The van der Waals surface area contributed by atoms with Crippen molar-refractivity contribution in [3.63, 3.8) is 0 Å².